The Balaban J connectivity index is 1.15. The Labute approximate surface area is 365 Å². The second kappa shape index (κ2) is 15.3. The molecule has 0 spiro atoms. The summed E-state index contributed by atoms with van der Waals surface area (Å²) in [5, 5.41) is 4.76. The van der Waals surface area contributed by atoms with Crippen molar-refractivity contribution in [3.8, 4) is 56.1 Å². The van der Waals surface area contributed by atoms with Crippen molar-refractivity contribution in [1.82, 2.24) is 19.1 Å². The Bertz CT molecular complexity index is 3610. The molecule has 12 rings (SSSR count). The van der Waals surface area contributed by atoms with Crippen molar-refractivity contribution >= 4 is 49.2 Å². The van der Waals surface area contributed by atoms with E-state index in [0.29, 0.717) is 5.82 Å². The normalized spacial score (nSPS) is 12.7. The van der Waals surface area contributed by atoms with E-state index in [4.69, 9.17) is 9.97 Å². The lowest BCUT2D eigenvalue weighted by atomic mass is 9.94. The molecule has 0 unspecified atom stereocenters. The molecule has 0 saturated carbocycles. The van der Waals surface area contributed by atoms with Gasteiger partial charge in [-0.3, -0.25) is 0 Å². The summed E-state index contributed by atoms with van der Waals surface area (Å²) < 4.78 is 4.81. The third-order valence-electron chi connectivity index (χ3n) is 12.4. The molecule has 0 saturated heterocycles. The van der Waals surface area contributed by atoms with Gasteiger partial charge in [-0.05, 0) is 95.4 Å². The number of hydrogen-bond acceptors (Lipinski definition) is 2. The van der Waals surface area contributed by atoms with Crippen LogP contribution in [0.1, 0.15) is 12.2 Å². The van der Waals surface area contributed by atoms with Crippen LogP contribution in [-0.4, -0.2) is 19.1 Å². The van der Waals surface area contributed by atoms with E-state index in [2.05, 4.69) is 240 Å². The van der Waals surface area contributed by atoms with Gasteiger partial charge in [0.1, 0.15) is 0 Å². The van der Waals surface area contributed by atoms with E-state index in [-0.39, 0.29) is 0 Å². The first-order valence-corrected chi connectivity index (χ1v) is 21.6. The van der Waals surface area contributed by atoms with Gasteiger partial charge < -0.3 is 9.13 Å². The Hall–Kier alpha value is -8.34. The minimum absolute atomic E-state index is 0.713. The largest absolute Gasteiger partial charge is 0.309 e. The molecule has 4 heteroatoms. The number of fused-ring (bicyclic) bond motifs is 6. The van der Waals surface area contributed by atoms with Crippen LogP contribution in [0.25, 0.3) is 105 Å². The average molecular weight is 805 g/mol. The fourth-order valence-corrected chi connectivity index (χ4v) is 9.49. The zero-order valence-electron chi connectivity index (χ0n) is 34.4. The van der Waals surface area contributed by atoms with Crippen LogP contribution in [0.15, 0.2) is 231 Å². The molecule has 4 nitrogen and oxygen atoms in total. The zero-order valence-corrected chi connectivity index (χ0v) is 34.4. The van der Waals surface area contributed by atoms with Gasteiger partial charge in [0.05, 0.1) is 33.5 Å². The van der Waals surface area contributed by atoms with Gasteiger partial charge in [0.2, 0.25) is 0 Å². The number of benzene rings is 8. The van der Waals surface area contributed by atoms with Gasteiger partial charge in [-0.1, -0.05) is 164 Å². The number of allylic oxidation sites excluding steroid dienone is 6. The summed E-state index contributed by atoms with van der Waals surface area (Å²) in [6.07, 6.45) is 11.5. The van der Waals surface area contributed by atoms with Crippen molar-refractivity contribution in [1.29, 1.82) is 0 Å². The molecule has 0 aliphatic heterocycles. The summed E-state index contributed by atoms with van der Waals surface area (Å²) in [6, 6.07) is 72.0. The van der Waals surface area contributed by atoms with Crippen molar-refractivity contribution < 1.29 is 0 Å². The van der Waals surface area contributed by atoms with E-state index in [1.165, 1.54) is 43.9 Å². The fourth-order valence-electron chi connectivity index (χ4n) is 9.49. The summed E-state index contributed by atoms with van der Waals surface area (Å²) in [5.74, 6) is 0.713. The highest BCUT2D eigenvalue weighted by Crippen LogP contribution is 2.45. The number of hydrogen-bond donors (Lipinski definition) is 0. The van der Waals surface area contributed by atoms with Crippen LogP contribution < -0.4 is 0 Å². The highest BCUT2D eigenvalue weighted by Gasteiger charge is 2.22. The molecule has 11 aromatic rings. The van der Waals surface area contributed by atoms with Gasteiger partial charge >= 0.3 is 0 Å². The van der Waals surface area contributed by atoms with E-state index >= 15 is 0 Å². The number of nitrogens with zero attached hydrogens (tertiary/aromatic N) is 4. The number of para-hydroxylation sites is 2. The van der Waals surface area contributed by atoms with Gasteiger partial charge in [-0.2, -0.15) is 0 Å². The first-order chi connectivity index (χ1) is 31.3. The molecule has 0 amide bonds. The van der Waals surface area contributed by atoms with Gasteiger partial charge in [0.15, 0.2) is 5.82 Å². The van der Waals surface area contributed by atoms with Crippen LogP contribution in [0, 0.1) is 0 Å². The van der Waals surface area contributed by atoms with Crippen molar-refractivity contribution in [3.63, 3.8) is 0 Å². The van der Waals surface area contributed by atoms with Crippen molar-refractivity contribution in [3.05, 3.63) is 236 Å². The smallest absolute Gasteiger partial charge is 0.160 e. The average Bonchev–Trinajstić information content (AvgIpc) is 3.72. The zero-order chi connectivity index (χ0) is 41.7. The summed E-state index contributed by atoms with van der Waals surface area (Å²) in [6.45, 7) is 0. The molecule has 0 fully saturated rings. The molecule has 8 aromatic carbocycles. The van der Waals surface area contributed by atoms with E-state index < -0.39 is 0 Å². The highest BCUT2D eigenvalue weighted by molar-refractivity contribution is 6.21. The summed E-state index contributed by atoms with van der Waals surface area (Å²) in [5.41, 5.74) is 16.5. The minimum Gasteiger partial charge on any atom is -0.309 e. The van der Waals surface area contributed by atoms with Gasteiger partial charge in [0.25, 0.3) is 0 Å². The maximum Gasteiger partial charge on any atom is 0.160 e. The Morgan fingerprint density at radius 2 is 0.921 bits per heavy atom. The topological polar surface area (TPSA) is 35.6 Å². The summed E-state index contributed by atoms with van der Waals surface area (Å²) >= 11 is 0. The quantitative estimate of drug-likeness (QED) is 0.161. The molecular formula is C59H40N4. The van der Waals surface area contributed by atoms with Crippen molar-refractivity contribution in [2.75, 3.05) is 0 Å². The fraction of sp³-hybridized carbons (Fsp3) is 0.0169. The molecule has 0 bridgehead atoms. The minimum atomic E-state index is 0.713. The Kier molecular flexibility index (Phi) is 8.86. The van der Waals surface area contributed by atoms with Crippen molar-refractivity contribution in [2.24, 2.45) is 0 Å². The lowest BCUT2D eigenvalue weighted by molar-refractivity contribution is 1.13. The monoisotopic (exact) mass is 804 g/mol. The summed E-state index contributed by atoms with van der Waals surface area (Å²) in [7, 11) is 0. The molecule has 3 heterocycles. The van der Waals surface area contributed by atoms with E-state index in [9.17, 15) is 0 Å². The van der Waals surface area contributed by atoms with Gasteiger partial charge in [-0.15, -0.1) is 0 Å². The molecule has 296 valence electrons. The third-order valence-corrected chi connectivity index (χ3v) is 12.4. The molecule has 63 heavy (non-hydrogen) atoms. The Morgan fingerprint density at radius 1 is 0.381 bits per heavy atom. The van der Waals surface area contributed by atoms with Crippen LogP contribution in [0.4, 0.5) is 0 Å². The van der Waals surface area contributed by atoms with Gasteiger partial charge in [-0.25, -0.2) is 9.97 Å². The second-order valence-corrected chi connectivity index (χ2v) is 16.1. The molecule has 0 N–H and O–H groups in total. The first kappa shape index (κ1) is 36.5. The van der Waals surface area contributed by atoms with Crippen LogP contribution >= 0.6 is 0 Å². The van der Waals surface area contributed by atoms with E-state index in [1.807, 2.05) is 0 Å². The molecule has 3 aromatic heterocycles. The molecule has 0 radical (unpaired) electrons. The Morgan fingerprint density at radius 3 is 1.59 bits per heavy atom. The molecule has 1 aliphatic carbocycles. The van der Waals surface area contributed by atoms with Crippen LogP contribution in [0.3, 0.4) is 0 Å². The molecule has 1 aliphatic rings. The summed E-state index contributed by atoms with van der Waals surface area (Å²) in [4.78, 5) is 10.6. The van der Waals surface area contributed by atoms with E-state index in [1.54, 1.807) is 0 Å². The highest BCUT2D eigenvalue weighted by atomic mass is 15.0. The predicted molar refractivity (Wildman–Crippen MR) is 263 cm³/mol. The first-order valence-electron chi connectivity index (χ1n) is 21.6. The second-order valence-electron chi connectivity index (χ2n) is 16.1. The lowest BCUT2D eigenvalue weighted by Crippen LogP contribution is -1.99. The van der Waals surface area contributed by atoms with Crippen molar-refractivity contribution in [2.45, 2.75) is 6.42 Å². The molecule has 0 atom stereocenters. The standard InChI is InChI=1S/C59H40N4/c1-2-8-24-42(23-7-1)59-60-51(41-21-11-4-12-22-41)39-52(61-59)48-30-18-32-56-58(48)57-47(29-17-31-55(57)63(56)46-27-15-6-16-28-46)44-34-36-54-50(38-44)49-37-43(40-19-9-3-10-20-40)33-35-53(49)62(54)45-25-13-5-14-26-45/h1-7,9-39H,8H2. The number of rotatable bonds is 7. The number of aromatic nitrogens is 4. The maximum absolute atomic E-state index is 5.41. The van der Waals surface area contributed by atoms with Crippen LogP contribution in [-0.2, 0) is 0 Å². The van der Waals surface area contributed by atoms with Gasteiger partial charge in [0, 0.05) is 49.6 Å². The SMILES string of the molecule is C1=CCC=C(c2nc(-c3ccccc3)cc(-c3cccc4c3c3c(-c5ccc6c(c5)c5cc(-c7ccccc7)ccc5n6-c5ccccc5)cccc3n4-c3ccccc3)n2)C=C1. The lowest BCUT2D eigenvalue weighted by Gasteiger charge is -2.12. The molecular weight excluding hydrogens is 765 g/mol. The predicted octanol–water partition coefficient (Wildman–Crippen LogP) is 15.2. The van der Waals surface area contributed by atoms with E-state index in [0.717, 1.165) is 67.9 Å². The van der Waals surface area contributed by atoms with Crippen LogP contribution in [0.2, 0.25) is 0 Å². The van der Waals surface area contributed by atoms with Crippen LogP contribution in [0.5, 0.6) is 0 Å². The third kappa shape index (κ3) is 6.31. The maximum atomic E-state index is 5.41.